The standard InChI is InChI=1S/C8H10BFO3S/c1-14-5-13-8-4-6(10)2-3-7(8)9(11)12/h2-4,11-12H,5H2,1H3. The molecule has 0 spiro atoms. The lowest BCUT2D eigenvalue weighted by Gasteiger charge is -2.09. The number of rotatable bonds is 4. The number of benzene rings is 1. The third-order valence-corrected chi connectivity index (χ3v) is 1.94. The molecule has 0 fully saturated rings. The van der Waals surface area contributed by atoms with Crippen LogP contribution in [0.5, 0.6) is 5.75 Å². The molecule has 2 N–H and O–H groups in total. The Labute approximate surface area is 86.0 Å². The summed E-state index contributed by atoms with van der Waals surface area (Å²) in [6.45, 7) is 0. The molecule has 0 atom stereocenters. The molecule has 3 nitrogen and oxygen atoms in total. The summed E-state index contributed by atoms with van der Waals surface area (Å²) in [6, 6.07) is 3.57. The molecule has 0 saturated carbocycles. The Hall–Kier alpha value is -0.715. The van der Waals surface area contributed by atoms with Crippen LogP contribution in [-0.2, 0) is 0 Å². The van der Waals surface area contributed by atoms with E-state index in [1.165, 1.54) is 17.8 Å². The Morgan fingerprint density at radius 1 is 1.50 bits per heavy atom. The number of thioether (sulfide) groups is 1. The average molecular weight is 216 g/mol. The summed E-state index contributed by atoms with van der Waals surface area (Å²) in [5.74, 6) is 0.0308. The molecule has 0 aliphatic carbocycles. The second-order valence-corrected chi connectivity index (χ2v) is 3.42. The summed E-state index contributed by atoms with van der Waals surface area (Å²) in [4.78, 5) is 0. The molecule has 0 bridgehead atoms. The predicted octanol–water partition coefficient (Wildman–Crippen LogP) is 0.205. The van der Waals surface area contributed by atoms with E-state index in [0.717, 1.165) is 12.1 Å². The van der Waals surface area contributed by atoms with Crippen molar-refractivity contribution in [3.63, 3.8) is 0 Å². The first-order valence-electron chi connectivity index (χ1n) is 3.92. The van der Waals surface area contributed by atoms with Crippen molar-refractivity contribution in [1.82, 2.24) is 0 Å². The lowest BCUT2D eigenvalue weighted by molar-refractivity contribution is 0.385. The summed E-state index contributed by atoms with van der Waals surface area (Å²) in [6.07, 6.45) is 1.83. The monoisotopic (exact) mass is 216 g/mol. The second kappa shape index (κ2) is 5.24. The van der Waals surface area contributed by atoms with E-state index in [9.17, 15) is 4.39 Å². The SMILES string of the molecule is CSCOc1cc(F)ccc1B(O)O. The molecule has 0 aromatic heterocycles. The van der Waals surface area contributed by atoms with Gasteiger partial charge in [0.2, 0.25) is 0 Å². The van der Waals surface area contributed by atoms with Gasteiger partial charge in [-0.3, -0.25) is 0 Å². The van der Waals surface area contributed by atoms with Gasteiger partial charge in [-0.15, -0.1) is 11.8 Å². The molecule has 0 saturated heterocycles. The van der Waals surface area contributed by atoms with Crippen LogP contribution in [0, 0.1) is 5.82 Å². The van der Waals surface area contributed by atoms with Gasteiger partial charge in [0.05, 0.1) is 0 Å². The van der Waals surface area contributed by atoms with Gasteiger partial charge in [-0.05, 0) is 12.3 Å². The van der Waals surface area contributed by atoms with Crippen molar-refractivity contribution in [3.05, 3.63) is 24.0 Å². The van der Waals surface area contributed by atoms with E-state index < -0.39 is 12.9 Å². The van der Waals surface area contributed by atoms with Gasteiger partial charge < -0.3 is 14.8 Å². The van der Waals surface area contributed by atoms with E-state index in [-0.39, 0.29) is 11.2 Å². The molecule has 0 radical (unpaired) electrons. The lowest BCUT2D eigenvalue weighted by Crippen LogP contribution is -2.31. The van der Waals surface area contributed by atoms with Gasteiger partial charge in [0.15, 0.2) is 0 Å². The summed E-state index contributed by atoms with van der Waals surface area (Å²) in [5, 5.41) is 17.9. The molecular formula is C8H10BFO3S. The van der Waals surface area contributed by atoms with Gasteiger partial charge in [-0.2, -0.15) is 0 Å². The van der Waals surface area contributed by atoms with Crippen LogP contribution in [0.25, 0.3) is 0 Å². The van der Waals surface area contributed by atoms with Gasteiger partial charge >= 0.3 is 7.12 Å². The van der Waals surface area contributed by atoms with Crippen molar-refractivity contribution in [1.29, 1.82) is 0 Å². The van der Waals surface area contributed by atoms with Gasteiger partial charge in [0.25, 0.3) is 0 Å². The topological polar surface area (TPSA) is 49.7 Å². The van der Waals surface area contributed by atoms with Crippen molar-refractivity contribution in [2.45, 2.75) is 0 Å². The minimum absolute atomic E-state index is 0.161. The quantitative estimate of drug-likeness (QED) is 0.557. The second-order valence-electron chi connectivity index (χ2n) is 2.61. The Kier molecular flexibility index (Phi) is 4.25. The number of halogens is 1. The van der Waals surface area contributed by atoms with Crippen molar-refractivity contribution >= 4 is 24.3 Å². The van der Waals surface area contributed by atoms with E-state index in [0.29, 0.717) is 5.94 Å². The smallest absolute Gasteiger partial charge is 0.483 e. The van der Waals surface area contributed by atoms with Crippen LogP contribution in [-0.4, -0.2) is 29.4 Å². The Balaban J connectivity index is 2.91. The first-order chi connectivity index (χ1) is 6.65. The van der Waals surface area contributed by atoms with Gasteiger partial charge in [-0.1, -0.05) is 6.07 Å². The first kappa shape index (κ1) is 11.4. The third-order valence-electron chi connectivity index (χ3n) is 1.59. The molecule has 6 heteroatoms. The molecule has 0 unspecified atom stereocenters. The summed E-state index contributed by atoms with van der Waals surface area (Å²) < 4.78 is 17.9. The fourth-order valence-electron chi connectivity index (χ4n) is 0.969. The minimum atomic E-state index is -1.65. The molecule has 0 heterocycles. The lowest BCUT2D eigenvalue weighted by atomic mass is 9.79. The molecule has 1 aromatic rings. The molecule has 14 heavy (non-hydrogen) atoms. The van der Waals surface area contributed by atoms with E-state index >= 15 is 0 Å². The Morgan fingerprint density at radius 3 is 2.79 bits per heavy atom. The first-order valence-corrected chi connectivity index (χ1v) is 5.32. The minimum Gasteiger partial charge on any atom is -0.483 e. The third kappa shape index (κ3) is 2.90. The van der Waals surface area contributed by atoms with E-state index in [1.807, 2.05) is 6.26 Å². The van der Waals surface area contributed by atoms with E-state index in [2.05, 4.69) is 0 Å². The predicted molar refractivity (Wildman–Crippen MR) is 55.2 cm³/mol. The molecule has 76 valence electrons. The number of ether oxygens (including phenoxy) is 1. The van der Waals surface area contributed by atoms with Gasteiger partial charge in [-0.25, -0.2) is 4.39 Å². The highest BCUT2D eigenvalue weighted by molar-refractivity contribution is 7.98. The molecule has 0 aliphatic rings. The zero-order chi connectivity index (χ0) is 10.6. The number of hydrogen-bond acceptors (Lipinski definition) is 4. The molecule has 0 aliphatic heterocycles. The van der Waals surface area contributed by atoms with Gasteiger partial charge in [0.1, 0.15) is 17.5 Å². The van der Waals surface area contributed by atoms with Gasteiger partial charge in [0, 0.05) is 11.5 Å². The van der Waals surface area contributed by atoms with E-state index in [4.69, 9.17) is 14.8 Å². The Morgan fingerprint density at radius 2 is 2.21 bits per heavy atom. The zero-order valence-electron chi connectivity index (χ0n) is 7.61. The van der Waals surface area contributed by atoms with Crippen molar-refractivity contribution in [3.8, 4) is 5.75 Å². The van der Waals surface area contributed by atoms with E-state index in [1.54, 1.807) is 0 Å². The maximum atomic E-state index is 12.8. The van der Waals surface area contributed by atoms with Crippen LogP contribution in [0.3, 0.4) is 0 Å². The highest BCUT2D eigenvalue weighted by atomic mass is 32.2. The van der Waals surface area contributed by atoms with Crippen LogP contribution in [0.1, 0.15) is 0 Å². The van der Waals surface area contributed by atoms with Crippen LogP contribution in [0.2, 0.25) is 0 Å². The fraction of sp³-hybridized carbons (Fsp3) is 0.250. The van der Waals surface area contributed by atoms with Crippen LogP contribution in [0.15, 0.2) is 18.2 Å². The number of hydrogen-bond donors (Lipinski definition) is 2. The summed E-state index contributed by atoms with van der Waals surface area (Å²) in [5.41, 5.74) is 0.167. The molecular weight excluding hydrogens is 206 g/mol. The molecule has 1 aromatic carbocycles. The summed E-state index contributed by atoms with van der Waals surface area (Å²) in [7, 11) is -1.65. The van der Waals surface area contributed by atoms with Crippen molar-refractivity contribution in [2.75, 3.05) is 12.2 Å². The zero-order valence-corrected chi connectivity index (χ0v) is 8.42. The average Bonchev–Trinajstić information content (AvgIpc) is 2.14. The maximum Gasteiger partial charge on any atom is 0.492 e. The molecule has 1 rings (SSSR count). The van der Waals surface area contributed by atoms with Crippen LogP contribution >= 0.6 is 11.8 Å². The highest BCUT2D eigenvalue weighted by Gasteiger charge is 2.17. The molecule has 0 amide bonds. The largest absolute Gasteiger partial charge is 0.492 e. The maximum absolute atomic E-state index is 12.8. The Bertz CT molecular complexity index is 309. The van der Waals surface area contributed by atoms with Crippen molar-refractivity contribution < 1.29 is 19.2 Å². The highest BCUT2D eigenvalue weighted by Crippen LogP contribution is 2.11. The van der Waals surface area contributed by atoms with Crippen molar-refractivity contribution in [2.24, 2.45) is 0 Å². The van der Waals surface area contributed by atoms with Crippen LogP contribution in [0.4, 0.5) is 4.39 Å². The fourth-order valence-corrected chi connectivity index (χ4v) is 1.21. The summed E-state index contributed by atoms with van der Waals surface area (Å²) >= 11 is 1.41. The van der Waals surface area contributed by atoms with Crippen LogP contribution < -0.4 is 10.2 Å². The normalized spacial score (nSPS) is 10.0.